The van der Waals surface area contributed by atoms with E-state index in [0.29, 0.717) is 22.9 Å². The molecule has 3 rings (SSSR count). The molecule has 0 spiro atoms. The van der Waals surface area contributed by atoms with E-state index in [1.807, 2.05) is 0 Å². The number of hydrogen-bond donors (Lipinski definition) is 1. The van der Waals surface area contributed by atoms with E-state index in [1.54, 1.807) is 24.0 Å². The van der Waals surface area contributed by atoms with Crippen LogP contribution in [0, 0.1) is 0 Å². The van der Waals surface area contributed by atoms with Crippen molar-refractivity contribution in [2.75, 3.05) is 30.4 Å². The highest BCUT2D eigenvalue weighted by molar-refractivity contribution is 6.29. The van der Waals surface area contributed by atoms with Crippen LogP contribution >= 0.6 is 11.6 Å². The number of aromatic nitrogens is 3. The molecular formula is C12H14ClN5O2. The number of nitrogens with zero attached hydrogens (tertiary/aromatic N) is 4. The third-order valence-corrected chi connectivity index (χ3v) is 3.63. The average molecular weight is 296 g/mol. The van der Waals surface area contributed by atoms with E-state index in [2.05, 4.69) is 20.3 Å². The number of nitrogens with one attached hydrogen (secondary N) is 1. The summed E-state index contributed by atoms with van der Waals surface area (Å²) in [5.74, 6) is 0. The second kappa shape index (κ2) is 5.26. The average Bonchev–Trinajstić information content (AvgIpc) is 3.04. The summed E-state index contributed by atoms with van der Waals surface area (Å²) in [5.41, 5.74) is 2.06. The number of methoxy groups -OCH3 is 1. The first kappa shape index (κ1) is 13.1. The molecule has 0 radical (unpaired) electrons. The minimum absolute atomic E-state index is 0.178. The number of fused-ring (bicyclic) bond motifs is 1. The summed E-state index contributed by atoms with van der Waals surface area (Å²) in [4.78, 5) is 17.2. The molecule has 20 heavy (non-hydrogen) atoms. The summed E-state index contributed by atoms with van der Waals surface area (Å²) < 4.78 is 6.98. The first-order chi connectivity index (χ1) is 9.72. The van der Waals surface area contributed by atoms with Gasteiger partial charge in [-0.15, -0.1) is 0 Å². The summed E-state index contributed by atoms with van der Waals surface area (Å²) >= 11 is 5.94. The molecule has 1 saturated heterocycles. The Bertz CT molecular complexity index is 644. The van der Waals surface area contributed by atoms with Crippen LogP contribution in [-0.2, 0) is 9.53 Å². The van der Waals surface area contributed by atoms with Gasteiger partial charge >= 0.3 is 0 Å². The Labute approximate surface area is 120 Å². The molecule has 0 bridgehead atoms. The summed E-state index contributed by atoms with van der Waals surface area (Å²) in [5, 5.41) is 7.21. The maximum Gasteiger partial charge on any atom is 0.211 e. The van der Waals surface area contributed by atoms with Gasteiger partial charge in [0.25, 0.3) is 0 Å². The lowest BCUT2D eigenvalue weighted by molar-refractivity contribution is -0.105. The van der Waals surface area contributed by atoms with E-state index in [9.17, 15) is 4.79 Å². The van der Waals surface area contributed by atoms with Crippen LogP contribution in [0.15, 0.2) is 12.4 Å². The quantitative estimate of drug-likeness (QED) is 0.858. The Balaban J connectivity index is 2.09. The number of imidazole rings is 1. The molecule has 1 N–H and O–H groups in total. The standard InChI is InChI=1S/C12H14ClN5O2/c1-20-8-2-3-17(5-8)11-9(14-7-19)4-15-18-6-10(13)16-12(11)18/h4,6-8H,2-3,5H2,1H3,(H,14,19). The van der Waals surface area contributed by atoms with Gasteiger partial charge < -0.3 is 15.0 Å². The highest BCUT2D eigenvalue weighted by atomic mass is 35.5. The van der Waals surface area contributed by atoms with Crippen molar-refractivity contribution in [1.29, 1.82) is 0 Å². The highest BCUT2D eigenvalue weighted by Gasteiger charge is 2.27. The minimum Gasteiger partial charge on any atom is -0.380 e. The molecule has 3 heterocycles. The molecule has 2 aromatic rings. The summed E-state index contributed by atoms with van der Waals surface area (Å²) in [6.07, 6.45) is 4.97. The van der Waals surface area contributed by atoms with Crippen molar-refractivity contribution < 1.29 is 9.53 Å². The van der Waals surface area contributed by atoms with E-state index in [-0.39, 0.29) is 6.10 Å². The molecule has 1 atom stereocenters. The van der Waals surface area contributed by atoms with Crippen LogP contribution in [-0.4, -0.2) is 47.3 Å². The molecule has 1 unspecified atom stereocenters. The Morgan fingerprint density at radius 1 is 1.60 bits per heavy atom. The topological polar surface area (TPSA) is 71.8 Å². The van der Waals surface area contributed by atoms with Crippen LogP contribution in [0.3, 0.4) is 0 Å². The zero-order valence-corrected chi connectivity index (χ0v) is 11.7. The van der Waals surface area contributed by atoms with Gasteiger partial charge in [0.05, 0.1) is 24.2 Å². The summed E-state index contributed by atoms with van der Waals surface area (Å²) in [7, 11) is 1.70. The van der Waals surface area contributed by atoms with Crippen LogP contribution in [0.2, 0.25) is 5.15 Å². The molecule has 106 valence electrons. The number of ether oxygens (including phenoxy) is 1. The van der Waals surface area contributed by atoms with Gasteiger partial charge in [0.15, 0.2) is 5.65 Å². The summed E-state index contributed by atoms with van der Waals surface area (Å²) in [6, 6.07) is 0. The molecule has 0 aromatic carbocycles. The largest absolute Gasteiger partial charge is 0.380 e. The van der Waals surface area contributed by atoms with Crippen molar-refractivity contribution >= 4 is 35.0 Å². The SMILES string of the molecule is COC1CCN(c2c(NC=O)cnn3cc(Cl)nc23)C1. The fourth-order valence-corrected chi connectivity index (χ4v) is 2.67. The Hall–Kier alpha value is -1.86. The van der Waals surface area contributed by atoms with Crippen molar-refractivity contribution in [2.24, 2.45) is 0 Å². The Morgan fingerprint density at radius 3 is 3.15 bits per heavy atom. The molecule has 1 amide bonds. The van der Waals surface area contributed by atoms with Gasteiger partial charge in [0, 0.05) is 20.2 Å². The molecular weight excluding hydrogens is 282 g/mol. The lowest BCUT2D eigenvalue weighted by atomic mass is 10.3. The number of anilines is 2. The van der Waals surface area contributed by atoms with Crippen LogP contribution < -0.4 is 10.2 Å². The molecule has 7 nitrogen and oxygen atoms in total. The number of halogens is 1. The van der Waals surface area contributed by atoms with Crippen molar-refractivity contribution in [3.8, 4) is 0 Å². The first-order valence-electron chi connectivity index (χ1n) is 6.24. The monoisotopic (exact) mass is 295 g/mol. The molecule has 1 aliphatic heterocycles. The van der Waals surface area contributed by atoms with Crippen LogP contribution in [0.25, 0.3) is 5.65 Å². The van der Waals surface area contributed by atoms with Gasteiger partial charge in [-0.2, -0.15) is 5.10 Å². The second-order valence-corrected chi connectivity index (χ2v) is 4.98. The number of amides is 1. The number of carbonyl (C=O) groups excluding carboxylic acids is 1. The van der Waals surface area contributed by atoms with Crippen molar-refractivity contribution in [2.45, 2.75) is 12.5 Å². The Morgan fingerprint density at radius 2 is 2.45 bits per heavy atom. The lowest BCUT2D eigenvalue weighted by Crippen LogP contribution is -2.24. The molecule has 0 aliphatic carbocycles. The van der Waals surface area contributed by atoms with E-state index < -0.39 is 0 Å². The predicted octanol–water partition coefficient (Wildman–Crippen LogP) is 1.18. The smallest absolute Gasteiger partial charge is 0.211 e. The molecule has 8 heteroatoms. The zero-order valence-electron chi connectivity index (χ0n) is 10.9. The fraction of sp³-hybridized carbons (Fsp3) is 0.417. The zero-order chi connectivity index (χ0) is 14.1. The fourth-order valence-electron chi connectivity index (χ4n) is 2.50. The van der Waals surface area contributed by atoms with Gasteiger partial charge in [-0.3, -0.25) is 4.79 Å². The van der Waals surface area contributed by atoms with Crippen LogP contribution in [0.4, 0.5) is 11.4 Å². The van der Waals surface area contributed by atoms with Crippen LogP contribution in [0.5, 0.6) is 0 Å². The number of hydrogen-bond acceptors (Lipinski definition) is 5. The Kier molecular flexibility index (Phi) is 3.45. The first-order valence-corrected chi connectivity index (χ1v) is 6.62. The number of carbonyl (C=O) groups is 1. The van der Waals surface area contributed by atoms with E-state index in [0.717, 1.165) is 25.2 Å². The molecule has 2 aromatic heterocycles. The van der Waals surface area contributed by atoms with Crippen molar-refractivity contribution in [3.63, 3.8) is 0 Å². The maximum absolute atomic E-state index is 10.8. The highest BCUT2D eigenvalue weighted by Crippen LogP contribution is 2.33. The normalized spacial score (nSPS) is 18.7. The van der Waals surface area contributed by atoms with E-state index in [1.165, 1.54) is 0 Å². The van der Waals surface area contributed by atoms with Crippen molar-refractivity contribution in [1.82, 2.24) is 14.6 Å². The van der Waals surface area contributed by atoms with Gasteiger partial charge in [-0.25, -0.2) is 9.50 Å². The van der Waals surface area contributed by atoms with Crippen LogP contribution in [0.1, 0.15) is 6.42 Å². The molecule has 0 saturated carbocycles. The lowest BCUT2D eigenvalue weighted by Gasteiger charge is -2.21. The number of rotatable bonds is 4. The van der Waals surface area contributed by atoms with Gasteiger partial charge in [0.2, 0.25) is 6.41 Å². The van der Waals surface area contributed by atoms with Crippen molar-refractivity contribution in [3.05, 3.63) is 17.5 Å². The maximum atomic E-state index is 10.8. The molecule has 1 fully saturated rings. The van der Waals surface area contributed by atoms with E-state index >= 15 is 0 Å². The van der Waals surface area contributed by atoms with Gasteiger partial charge in [0.1, 0.15) is 10.8 Å². The minimum atomic E-state index is 0.178. The third-order valence-electron chi connectivity index (χ3n) is 3.45. The van der Waals surface area contributed by atoms with E-state index in [4.69, 9.17) is 16.3 Å². The van der Waals surface area contributed by atoms with Gasteiger partial charge in [-0.05, 0) is 6.42 Å². The molecule has 1 aliphatic rings. The summed E-state index contributed by atoms with van der Waals surface area (Å²) in [6.45, 7) is 1.57. The second-order valence-electron chi connectivity index (χ2n) is 4.59. The third kappa shape index (κ3) is 2.19. The van der Waals surface area contributed by atoms with Gasteiger partial charge in [-0.1, -0.05) is 11.6 Å². The predicted molar refractivity (Wildman–Crippen MR) is 75.3 cm³/mol.